The van der Waals surface area contributed by atoms with Crippen LogP contribution in [-0.4, -0.2) is 30.8 Å². The van der Waals surface area contributed by atoms with Crippen LogP contribution in [0.4, 0.5) is 0 Å². The molecule has 0 radical (unpaired) electrons. The maximum Gasteiger partial charge on any atom is 0.122 e. The number of methoxy groups -OCH3 is 1. The van der Waals surface area contributed by atoms with E-state index < -0.39 is 0 Å². The third-order valence-corrected chi connectivity index (χ3v) is 3.13. The highest BCUT2D eigenvalue weighted by atomic mass is 16.5. The van der Waals surface area contributed by atoms with Gasteiger partial charge in [0.1, 0.15) is 5.75 Å². The zero-order chi connectivity index (χ0) is 12.3. The van der Waals surface area contributed by atoms with Crippen molar-refractivity contribution < 1.29 is 9.47 Å². The maximum absolute atomic E-state index is 5.41. The molecule has 1 aromatic heterocycles. The zero-order valence-electron chi connectivity index (χ0n) is 10.7. The van der Waals surface area contributed by atoms with E-state index in [0.717, 1.165) is 43.3 Å². The summed E-state index contributed by atoms with van der Waals surface area (Å²) < 4.78 is 10.6. The molecule has 0 amide bonds. The van der Waals surface area contributed by atoms with Crippen LogP contribution >= 0.6 is 0 Å². The highest BCUT2D eigenvalue weighted by Gasteiger charge is 2.28. The Kier molecular flexibility index (Phi) is 3.64. The van der Waals surface area contributed by atoms with E-state index in [0.29, 0.717) is 0 Å². The van der Waals surface area contributed by atoms with Gasteiger partial charge in [0.15, 0.2) is 0 Å². The lowest BCUT2D eigenvalue weighted by Crippen LogP contribution is -2.42. The van der Waals surface area contributed by atoms with Crippen molar-refractivity contribution in [3.05, 3.63) is 23.5 Å². The third kappa shape index (κ3) is 3.17. The highest BCUT2D eigenvalue weighted by Crippen LogP contribution is 2.19. The Hall–Kier alpha value is -1.13. The van der Waals surface area contributed by atoms with Gasteiger partial charge in [0.05, 0.1) is 19.4 Å². The van der Waals surface area contributed by atoms with Crippen molar-refractivity contribution in [2.45, 2.75) is 32.4 Å². The first kappa shape index (κ1) is 12.3. The lowest BCUT2D eigenvalue weighted by atomic mass is 10.0. The van der Waals surface area contributed by atoms with Gasteiger partial charge in [0.2, 0.25) is 0 Å². The molecule has 1 aromatic rings. The van der Waals surface area contributed by atoms with Gasteiger partial charge in [-0.3, -0.25) is 4.98 Å². The molecular formula is C13H20N2O2. The Morgan fingerprint density at radius 3 is 3.00 bits per heavy atom. The largest absolute Gasteiger partial charge is 0.497 e. The van der Waals surface area contributed by atoms with E-state index in [2.05, 4.69) is 17.2 Å². The Bertz CT molecular complexity index is 387. The van der Waals surface area contributed by atoms with Crippen LogP contribution in [0.25, 0.3) is 0 Å². The second-order valence-electron chi connectivity index (χ2n) is 4.86. The molecule has 0 saturated carbocycles. The third-order valence-electron chi connectivity index (χ3n) is 3.13. The average Bonchev–Trinajstić information content (AvgIpc) is 2.73. The lowest BCUT2D eigenvalue weighted by Gasteiger charge is -2.23. The van der Waals surface area contributed by atoms with Gasteiger partial charge >= 0.3 is 0 Å². The fraction of sp³-hybridized carbons (Fsp3) is 0.615. The fourth-order valence-electron chi connectivity index (χ4n) is 2.02. The van der Waals surface area contributed by atoms with Crippen LogP contribution in [0.1, 0.15) is 24.7 Å². The minimum atomic E-state index is 0.0820. The Balaban J connectivity index is 2.00. The van der Waals surface area contributed by atoms with Gasteiger partial charge in [0, 0.05) is 36.5 Å². The van der Waals surface area contributed by atoms with Crippen molar-refractivity contribution in [1.29, 1.82) is 0 Å². The molecule has 94 valence electrons. The van der Waals surface area contributed by atoms with Crippen molar-refractivity contribution in [2.75, 3.05) is 20.3 Å². The molecule has 1 aliphatic rings. The van der Waals surface area contributed by atoms with Crippen LogP contribution in [0.2, 0.25) is 0 Å². The lowest BCUT2D eigenvalue weighted by molar-refractivity contribution is 0.171. The molecule has 2 heterocycles. The molecule has 4 nitrogen and oxygen atoms in total. The van der Waals surface area contributed by atoms with Gasteiger partial charge < -0.3 is 14.8 Å². The maximum atomic E-state index is 5.41. The molecule has 0 spiro atoms. The van der Waals surface area contributed by atoms with Crippen molar-refractivity contribution >= 4 is 0 Å². The zero-order valence-corrected chi connectivity index (χ0v) is 10.7. The second-order valence-corrected chi connectivity index (χ2v) is 4.86. The number of rotatable bonds is 4. The van der Waals surface area contributed by atoms with E-state index in [1.165, 1.54) is 0 Å². The van der Waals surface area contributed by atoms with E-state index in [9.17, 15) is 0 Å². The first-order valence-electron chi connectivity index (χ1n) is 5.96. The molecule has 0 aliphatic carbocycles. The molecule has 1 aliphatic heterocycles. The topological polar surface area (TPSA) is 43.4 Å². The summed E-state index contributed by atoms with van der Waals surface area (Å²) in [5.41, 5.74) is 2.07. The predicted octanol–water partition coefficient (Wildman–Crippen LogP) is 1.67. The number of hydrogen-bond donors (Lipinski definition) is 1. The number of aryl methyl sites for hydroxylation is 1. The van der Waals surface area contributed by atoms with Crippen molar-refractivity contribution in [3.8, 4) is 5.75 Å². The number of nitrogens with zero attached hydrogens (tertiary/aromatic N) is 1. The number of aromatic nitrogens is 1. The summed E-state index contributed by atoms with van der Waals surface area (Å²) in [4.78, 5) is 4.49. The van der Waals surface area contributed by atoms with E-state index in [1.54, 1.807) is 7.11 Å². The summed E-state index contributed by atoms with van der Waals surface area (Å²) in [7, 11) is 1.68. The van der Waals surface area contributed by atoms with Crippen LogP contribution in [0.5, 0.6) is 5.75 Å². The van der Waals surface area contributed by atoms with Crippen LogP contribution < -0.4 is 10.1 Å². The van der Waals surface area contributed by atoms with E-state index in [1.807, 2.05) is 19.1 Å². The van der Waals surface area contributed by atoms with Gasteiger partial charge in [-0.1, -0.05) is 0 Å². The first-order chi connectivity index (χ1) is 8.11. The molecular weight excluding hydrogens is 216 g/mol. The molecule has 1 saturated heterocycles. The summed E-state index contributed by atoms with van der Waals surface area (Å²) in [6.45, 7) is 6.53. The van der Waals surface area contributed by atoms with E-state index in [-0.39, 0.29) is 5.54 Å². The van der Waals surface area contributed by atoms with Gasteiger partial charge in [-0.15, -0.1) is 0 Å². The fourth-order valence-corrected chi connectivity index (χ4v) is 2.02. The van der Waals surface area contributed by atoms with Crippen LogP contribution in [0.3, 0.4) is 0 Å². The molecule has 1 N–H and O–H groups in total. The number of pyridine rings is 1. The smallest absolute Gasteiger partial charge is 0.122 e. The molecule has 1 atom stereocenters. The van der Waals surface area contributed by atoms with Crippen LogP contribution in [0.15, 0.2) is 12.1 Å². The van der Waals surface area contributed by atoms with Gasteiger partial charge in [0.25, 0.3) is 0 Å². The molecule has 0 aromatic carbocycles. The Morgan fingerprint density at radius 2 is 2.35 bits per heavy atom. The summed E-state index contributed by atoms with van der Waals surface area (Å²) in [5.74, 6) is 0.863. The van der Waals surface area contributed by atoms with Crippen molar-refractivity contribution in [3.63, 3.8) is 0 Å². The summed E-state index contributed by atoms with van der Waals surface area (Å²) in [5, 5.41) is 3.51. The van der Waals surface area contributed by atoms with Gasteiger partial charge in [-0.25, -0.2) is 0 Å². The number of ether oxygens (including phenoxy) is 2. The SMILES string of the molecule is COc1cc(C)nc(CNC2(C)CCOC2)c1. The van der Waals surface area contributed by atoms with Crippen molar-refractivity contribution in [1.82, 2.24) is 10.3 Å². The summed E-state index contributed by atoms with van der Waals surface area (Å²) >= 11 is 0. The summed E-state index contributed by atoms with van der Waals surface area (Å²) in [6, 6.07) is 3.91. The number of hydrogen-bond acceptors (Lipinski definition) is 4. The molecule has 4 heteroatoms. The van der Waals surface area contributed by atoms with E-state index in [4.69, 9.17) is 9.47 Å². The predicted molar refractivity (Wildman–Crippen MR) is 66.2 cm³/mol. The quantitative estimate of drug-likeness (QED) is 0.863. The summed E-state index contributed by atoms with van der Waals surface area (Å²) in [6.07, 6.45) is 1.05. The van der Waals surface area contributed by atoms with Gasteiger partial charge in [-0.2, -0.15) is 0 Å². The molecule has 2 rings (SSSR count). The first-order valence-corrected chi connectivity index (χ1v) is 5.96. The molecule has 1 fully saturated rings. The van der Waals surface area contributed by atoms with Crippen LogP contribution in [-0.2, 0) is 11.3 Å². The molecule has 1 unspecified atom stereocenters. The van der Waals surface area contributed by atoms with E-state index >= 15 is 0 Å². The monoisotopic (exact) mass is 236 g/mol. The molecule has 17 heavy (non-hydrogen) atoms. The van der Waals surface area contributed by atoms with Crippen LogP contribution in [0, 0.1) is 6.92 Å². The minimum Gasteiger partial charge on any atom is -0.497 e. The second kappa shape index (κ2) is 5.02. The normalized spacial score (nSPS) is 23.9. The number of nitrogens with one attached hydrogen (secondary N) is 1. The standard InChI is InChI=1S/C13H20N2O2/c1-10-6-12(16-3)7-11(15-10)8-14-13(2)4-5-17-9-13/h6-7,14H,4-5,8-9H2,1-3H3. The average molecular weight is 236 g/mol. The Labute approximate surface area is 102 Å². The van der Waals surface area contributed by atoms with Gasteiger partial charge in [-0.05, 0) is 20.3 Å². The highest BCUT2D eigenvalue weighted by molar-refractivity contribution is 5.26. The minimum absolute atomic E-state index is 0.0820. The van der Waals surface area contributed by atoms with Crippen molar-refractivity contribution in [2.24, 2.45) is 0 Å². The Morgan fingerprint density at radius 1 is 1.53 bits per heavy atom. The molecule has 0 bridgehead atoms.